The first-order valence-electron chi connectivity index (χ1n) is 10.2. The molecule has 0 bridgehead atoms. The van der Waals surface area contributed by atoms with Crippen molar-refractivity contribution in [2.45, 2.75) is 36.7 Å². The Labute approximate surface area is 182 Å². The van der Waals surface area contributed by atoms with Crippen molar-refractivity contribution in [1.29, 1.82) is 0 Å². The standard InChI is InChI=1S/C23H25F6NO2/c1-31-14-20(16-11-18(22(24,25)26)13-19(12-16)23(27,28)29)32-15-21(7-9-30-10-8-21)17-5-3-2-4-6-17/h2-6,11-13,20,30H,7-10,14-15H2,1H3. The lowest BCUT2D eigenvalue weighted by Gasteiger charge is -2.39. The fourth-order valence-electron chi connectivity index (χ4n) is 4.03. The van der Waals surface area contributed by atoms with Gasteiger partial charge in [0.1, 0.15) is 6.10 Å². The van der Waals surface area contributed by atoms with Crippen molar-refractivity contribution >= 4 is 0 Å². The van der Waals surface area contributed by atoms with E-state index >= 15 is 0 Å². The molecule has 1 saturated heterocycles. The van der Waals surface area contributed by atoms with Crippen LogP contribution in [0.5, 0.6) is 0 Å². The zero-order chi connectivity index (χ0) is 23.4. The van der Waals surface area contributed by atoms with Crippen LogP contribution in [-0.4, -0.2) is 33.4 Å². The third-order valence-corrected chi connectivity index (χ3v) is 5.81. The van der Waals surface area contributed by atoms with Crippen LogP contribution in [0.1, 0.15) is 41.2 Å². The van der Waals surface area contributed by atoms with Crippen molar-refractivity contribution in [3.8, 4) is 0 Å². The minimum atomic E-state index is -4.92. The lowest BCUT2D eigenvalue weighted by atomic mass is 9.74. The van der Waals surface area contributed by atoms with E-state index in [-0.39, 0.29) is 24.8 Å². The van der Waals surface area contributed by atoms with Gasteiger partial charge in [-0.05, 0) is 55.3 Å². The number of hydrogen-bond donors (Lipinski definition) is 1. The number of piperidine rings is 1. The number of benzene rings is 2. The summed E-state index contributed by atoms with van der Waals surface area (Å²) in [4.78, 5) is 0. The number of ether oxygens (including phenoxy) is 2. The fraction of sp³-hybridized carbons (Fsp3) is 0.478. The monoisotopic (exact) mass is 461 g/mol. The van der Waals surface area contributed by atoms with E-state index in [1.807, 2.05) is 30.3 Å². The Morgan fingerprint density at radius 1 is 0.906 bits per heavy atom. The lowest BCUT2D eigenvalue weighted by Crippen LogP contribution is -2.43. The van der Waals surface area contributed by atoms with Crippen LogP contribution < -0.4 is 5.32 Å². The Morgan fingerprint density at radius 2 is 1.47 bits per heavy atom. The summed E-state index contributed by atoms with van der Waals surface area (Å²) < 4.78 is 90.9. The first kappa shape index (κ1) is 24.5. The molecule has 9 heteroatoms. The van der Waals surface area contributed by atoms with E-state index in [1.165, 1.54) is 7.11 Å². The summed E-state index contributed by atoms with van der Waals surface area (Å²) >= 11 is 0. The second-order valence-corrected chi connectivity index (χ2v) is 7.99. The van der Waals surface area contributed by atoms with Crippen LogP contribution in [0.4, 0.5) is 26.3 Å². The van der Waals surface area contributed by atoms with Crippen molar-refractivity contribution < 1.29 is 35.8 Å². The predicted octanol–water partition coefficient (Wildman–Crippen LogP) is 5.75. The Kier molecular flexibility index (Phi) is 7.52. The molecule has 0 radical (unpaired) electrons. The summed E-state index contributed by atoms with van der Waals surface area (Å²) in [5.74, 6) is 0. The molecule has 2 aromatic rings. The van der Waals surface area contributed by atoms with Crippen molar-refractivity contribution in [2.75, 3.05) is 33.4 Å². The molecule has 0 spiro atoms. The first-order valence-corrected chi connectivity index (χ1v) is 10.2. The highest BCUT2D eigenvalue weighted by Gasteiger charge is 2.39. The maximum absolute atomic E-state index is 13.3. The topological polar surface area (TPSA) is 30.5 Å². The van der Waals surface area contributed by atoms with Gasteiger partial charge < -0.3 is 14.8 Å². The molecule has 1 atom stereocenters. The van der Waals surface area contributed by atoms with Gasteiger partial charge in [-0.3, -0.25) is 0 Å². The lowest BCUT2D eigenvalue weighted by molar-refractivity contribution is -0.143. The number of halogens is 6. The number of hydrogen-bond acceptors (Lipinski definition) is 3. The highest BCUT2D eigenvalue weighted by Crippen LogP contribution is 2.39. The van der Waals surface area contributed by atoms with Crippen molar-refractivity contribution in [3.63, 3.8) is 0 Å². The van der Waals surface area contributed by atoms with Gasteiger partial charge in [0.2, 0.25) is 0 Å². The maximum Gasteiger partial charge on any atom is 0.416 e. The van der Waals surface area contributed by atoms with E-state index in [2.05, 4.69) is 5.32 Å². The fourth-order valence-corrected chi connectivity index (χ4v) is 4.03. The summed E-state index contributed by atoms with van der Waals surface area (Å²) in [5.41, 5.74) is -2.32. The maximum atomic E-state index is 13.3. The Balaban J connectivity index is 1.94. The molecular weight excluding hydrogens is 436 g/mol. The molecule has 1 aliphatic rings. The normalized spacial score (nSPS) is 17.8. The van der Waals surface area contributed by atoms with Crippen LogP contribution in [0, 0.1) is 0 Å². The van der Waals surface area contributed by atoms with Gasteiger partial charge >= 0.3 is 12.4 Å². The molecule has 1 N–H and O–H groups in total. The van der Waals surface area contributed by atoms with Gasteiger partial charge in [-0.2, -0.15) is 26.3 Å². The van der Waals surface area contributed by atoms with Crippen LogP contribution in [0.3, 0.4) is 0 Å². The van der Waals surface area contributed by atoms with Crippen LogP contribution in [0.15, 0.2) is 48.5 Å². The van der Waals surface area contributed by atoms with Gasteiger partial charge in [-0.25, -0.2) is 0 Å². The first-order chi connectivity index (χ1) is 15.0. The van der Waals surface area contributed by atoms with Crippen LogP contribution >= 0.6 is 0 Å². The molecule has 0 aliphatic carbocycles. The summed E-state index contributed by atoms with van der Waals surface area (Å²) in [6.45, 7) is 1.43. The van der Waals surface area contributed by atoms with E-state index in [1.54, 1.807) is 0 Å². The summed E-state index contributed by atoms with van der Waals surface area (Å²) in [7, 11) is 1.33. The van der Waals surface area contributed by atoms with Crippen molar-refractivity contribution in [2.24, 2.45) is 0 Å². The van der Waals surface area contributed by atoms with Gasteiger partial charge in [0.05, 0.1) is 24.3 Å². The number of rotatable bonds is 7. The molecule has 1 unspecified atom stereocenters. The molecule has 0 amide bonds. The van der Waals surface area contributed by atoms with Gasteiger partial charge in [-0.15, -0.1) is 0 Å². The van der Waals surface area contributed by atoms with Gasteiger partial charge in [-0.1, -0.05) is 30.3 Å². The SMILES string of the molecule is COCC(OCC1(c2ccccc2)CCNCC1)c1cc(C(F)(F)F)cc(C(F)(F)F)c1. The average molecular weight is 461 g/mol. The zero-order valence-corrected chi connectivity index (χ0v) is 17.5. The van der Waals surface area contributed by atoms with E-state index < -0.39 is 35.0 Å². The molecule has 2 aromatic carbocycles. The van der Waals surface area contributed by atoms with Crippen molar-refractivity contribution in [1.82, 2.24) is 5.32 Å². The molecule has 1 heterocycles. The largest absolute Gasteiger partial charge is 0.416 e. The Bertz CT molecular complexity index is 844. The average Bonchev–Trinajstić information content (AvgIpc) is 2.76. The second kappa shape index (κ2) is 9.80. The molecule has 1 aliphatic heterocycles. The summed E-state index contributed by atoms with van der Waals surface area (Å²) in [5, 5.41) is 3.27. The van der Waals surface area contributed by atoms with Gasteiger partial charge in [0.15, 0.2) is 0 Å². The molecule has 3 nitrogen and oxygen atoms in total. The molecule has 3 rings (SSSR count). The third-order valence-electron chi connectivity index (χ3n) is 5.81. The highest BCUT2D eigenvalue weighted by molar-refractivity contribution is 5.35. The van der Waals surface area contributed by atoms with E-state index in [9.17, 15) is 26.3 Å². The highest BCUT2D eigenvalue weighted by atomic mass is 19.4. The van der Waals surface area contributed by atoms with Crippen LogP contribution in [0.25, 0.3) is 0 Å². The summed E-state index contributed by atoms with van der Waals surface area (Å²) in [6, 6.07) is 11.1. The predicted molar refractivity (Wildman–Crippen MR) is 107 cm³/mol. The number of methoxy groups -OCH3 is 1. The molecule has 1 fully saturated rings. The Morgan fingerprint density at radius 3 is 1.97 bits per heavy atom. The van der Waals surface area contributed by atoms with E-state index in [0.29, 0.717) is 12.1 Å². The Hall–Kier alpha value is -2.10. The molecule has 176 valence electrons. The van der Waals surface area contributed by atoms with E-state index in [0.717, 1.165) is 31.5 Å². The molecule has 32 heavy (non-hydrogen) atoms. The summed E-state index contributed by atoms with van der Waals surface area (Å²) in [6.07, 6.45) is -9.47. The smallest absolute Gasteiger partial charge is 0.382 e. The van der Waals surface area contributed by atoms with Crippen LogP contribution in [0.2, 0.25) is 0 Å². The van der Waals surface area contributed by atoms with E-state index in [4.69, 9.17) is 9.47 Å². The molecule has 0 saturated carbocycles. The zero-order valence-electron chi connectivity index (χ0n) is 17.5. The molecular formula is C23H25F6NO2. The quantitative estimate of drug-likeness (QED) is 0.533. The number of nitrogens with one attached hydrogen (secondary N) is 1. The third kappa shape index (κ3) is 5.82. The van der Waals surface area contributed by atoms with Gasteiger partial charge in [0, 0.05) is 12.5 Å². The van der Waals surface area contributed by atoms with Crippen molar-refractivity contribution in [3.05, 3.63) is 70.8 Å². The van der Waals surface area contributed by atoms with Gasteiger partial charge in [0.25, 0.3) is 0 Å². The minimum Gasteiger partial charge on any atom is -0.382 e. The van der Waals surface area contributed by atoms with Crippen LogP contribution in [-0.2, 0) is 27.2 Å². The minimum absolute atomic E-state index is 0.117. The molecule has 0 aromatic heterocycles. The number of alkyl halides is 6. The second-order valence-electron chi connectivity index (χ2n) is 7.99.